The second-order valence-electron chi connectivity index (χ2n) is 5.69. The fourth-order valence-corrected chi connectivity index (χ4v) is 3.76. The number of fused-ring (bicyclic) bond motifs is 2. The molecule has 2 heterocycles. The summed E-state index contributed by atoms with van der Waals surface area (Å²) in [6.45, 7) is 0.497. The number of nitrogens with one attached hydrogen (secondary N) is 1. The van der Waals surface area contributed by atoms with Crippen LogP contribution in [0.15, 0.2) is 47.6 Å². The van der Waals surface area contributed by atoms with Gasteiger partial charge in [0.1, 0.15) is 5.82 Å². The highest BCUT2D eigenvalue weighted by molar-refractivity contribution is 7.98. The Bertz CT molecular complexity index is 1100. The summed E-state index contributed by atoms with van der Waals surface area (Å²) in [4.78, 5) is 22.7. The fourth-order valence-electron chi connectivity index (χ4n) is 2.84. The summed E-state index contributed by atoms with van der Waals surface area (Å²) in [5.41, 5.74) is 3.21. The Morgan fingerprint density at radius 3 is 2.85 bits per heavy atom. The molecule has 4 rings (SSSR count). The Hall–Kier alpha value is -2.91. The molecule has 0 bridgehead atoms. The predicted molar refractivity (Wildman–Crippen MR) is 99.1 cm³/mol. The van der Waals surface area contributed by atoms with E-state index in [4.69, 9.17) is 0 Å². The van der Waals surface area contributed by atoms with Crippen molar-refractivity contribution in [3.8, 4) is 0 Å². The monoisotopic (exact) mass is 369 g/mol. The molecular weight excluding hydrogens is 354 g/mol. The molecule has 2 N–H and O–H groups in total. The zero-order chi connectivity index (χ0) is 18.1. The summed E-state index contributed by atoms with van der Waals surface area (Å²) >= 11 is 1.50. The van der Waals surface area contributed by atoms with Crippen LogP contribution in [0.2, 0.25) is 0 Å². The van der Waals surface area contributed by atoms with Crippen LogP contribution < -0.4 is 0 Å². The topological polar surface area (TPSA) is 110 Å². The number of imidazole rings is 2. The molecule has 2 aromatic carbocycles. The number of para-hydroxylation sites is 2. The first-order chi connectivity index (χ1) is 12.7. The lowest BCUT2D eigenvalue weighted by molar-refractivity contribution is -0.384. The number of nitro benzene ring substituents is 1. The van der Waals surface area contributed by atoms with Crippen molar-refractivity contribution in [2.24, 2.45) is 0 Å². The van der Waals surface area contributed by atoms with Gasteiger partial charge in [0, 0.05) is 18.7 Å². The number of nitro groups is 1. The van der Waals surface area contributed by atoms with E-state index in [9.17, 15) is 15.2 Å². The second-order valence-corrected chi connectivity index (χ2v) is 6.63. The van der Waals surface area contributed by atoms with Gasteiger partial charge in [0.25, 0.3) is 5.69 Å². The molecule has 0 aliphatic heterocycles. The van der Waals surface area contributed by atoms with Gasteiger partial charge in [-0.05, 0) is 18.2 Å². The minimum Gasteiger partial charge on any atom is -0.395 e. The van der Waals surface area contributed by atoms with E-state index in [-0.39, 0.29) is 12.3 Å². The van der Waals surface area contributed by atoms with Gasteiger partial charge in [-0.15, -0.1) is 0 Å². The Morgan fingerprint density at radius 2 is 2.04 bits per heavy atom. The number of aromatic amines is 1. The number of aliphatic hydroxyl groups is 1. The van der Waals surface area contributed by atoms with Crippen molar-refractivity contribution in [3.63, 3.8) is 0 Å². The van der Waals surface area contributed by atoms with Crippen LogP contribution in [0.25, 0.3) is 22.1 Å². The van der Waals surface area contributed by atoms with E-state index in [1.807, 2.05) is 28.8 Å². The lowest BCUT2D eigenvalue weighted by Crippen LogP contribution is -2.03. The van der Waals surface area contributed by atoms with Crippen molar-refractivity contribution in [2.45, 2.75) is 17.5 Å². The van der Waals surface area contributed by atoms with Crippen LogP contribution in [0.5, 0.6) is 0 Å². The minimum atomic E-state index is -0.425. The van der Waals surface area contributed by atoms with Gasteiger partial charge in [-0.1, -0.05) is 23.9 Å². The van der Waals surface area contributed by atoms with E-state index in [0.29, 0.717) is 29.2 Å². The van der Waals surface area contributed by atoms with Crippen molar-refractivity contribution in [1.82, 2.24) is 19.5 Å². The number of H-pyrrole nitrogens is 1. The van der Waals surface area contributed by atoms with Crippen LogP contribution in [0.4, 0.5) is 5.69 Å². The predicted octanol–water partition coefficient (Wildman–Crippen LogP) is 3.11. The summed E-state index contributed by atoms with van der Waals surface area (Å²) < 4.78 is 1.98. The Balaban J connectivity index is 1.61. The van der Waals surface area contributed by atoms with Crippen molar-refractivity contribution in [3.05, 3.63) is 58.4 Å². The molecule has 132 valence electrons. The van der Waals surface area contributed by atoms with Gasteiger partial charge in [-0.3, -0.25) is 10.1 Å². The average Bonchev–Trinajstić information content (AvgIpc) is 3.20. The number of rotatable bonds is 6. The smallest absolute Gasteiger partial charge is 0.271 e. The first-order valence-corrected chi connectivity index (χ1v) is 8.96. The highest BCUT2D eigenvalue weighted by atomic mass is 32.2. The molecule has 2 aromatic heterocycles. The molecule has 0 aliphatic carbocycles. The van der Waals surface area contributed by atoms with Gasteiger partial charge < -0.3 is 14.7 Å². The third-order valence-corrected chi connectivity index (χ3v) is 4.99. The SMILES string of the molecule is O=[N+]([O-])c1ccc2nc(CSc3nc4ccccc4n3CCO)[nH]c2c1. The third kappa shape index (κ3) is 3.02. The molecule has 0 spiro atoms. The Labute approximate surface area is 152 Å². The van der Waals surface area contributed by atoms with Crippen LogP contribution in [0, 0.1) is 10.1 Å². The van der Waals surface area contributed by atoms with Crippen LogP contribution in [0.3, 0.4) is 0 Å². The van der Waals surface area contributed by atoms with Crippen molar-refractivity contribution in [1.29, 1.82) is 0 Å². The van der Waals surface area contributed by atoms with Gasteiger partial charge in [-0.25, -0.2) is 9.97 Å². The summed E-state index contributed by atoms with van der Waals surface area (Å²) in [6, 6.07) is 12.4. The number of benzene rings is 2. The largest absolute Gasteiger partial charge is 0.395 e. The summed E-state index contributed by atoms with van der Waals surface area (Å²) in [6.07, 6.45) is 0. The van der Waals surface area contributed by atoms with Gasteiger partial charge in [0.15, 0.2) is 5.16 Å². The lowest BCUT2D eigenvalue weighted by Gasteiger charge is -2.05. The first kappa shape index (κ1) is 16.6. The van der Waals surface area contributed by atoms with Gasteiger partial charge in [0.2, 0.25) is 0 Å². The summed E-state index contributed by atoms with van der Waals surface area (Å²) in [5.74, 6) is 1.25. The molecule has 0 saturated carbocycles. The normalized spacial score (nSPS) is 11.4. The molecule has 0 unspecified atom stereocenters. The highest BCUT2D eigenvalue weighted by Crippen LogP contribution is 2.27. The maximum atomic E-state index is 10.9. The molecule has 0 amide bonds. The van der Waals surface area contributed by atoms with Crippen molar-refractivity contribution in [2.75, 3.05) is 6.61 Å². The fraction of sp³-hybridized carbons (Fsp3) is 0.176. The van der Waals surface area contributed by atoms with Crippen LogP contribution in [0.1, 0.15) is 5.82 Å². The maximum absolute atomic E-state index is 10.9. The standard InChI is InChI=1S/C17H15N5O3S/c23-8-7-21-15-4-2-1-3-13(15)20-17(21)26-10-16-18-12-6-5-11(22(24)25)9-14(12)19-16/h1-6,9,23H,7-8,10H2,(H,18,19). The van der Waals surface area contributed by atoms with E-state index in [1.165, 1.54) is 23.9 Å². The van der Waals surface area contributed by atoms with Crippen molar-refractivity contribution < 1.29 is 10.0 Å². The molecule has 9 heteroatoms. The number of hydrogen-bond donors (Lipinski definition) is 2. The lowest BCUT2D eigenvalue weighted by atomic mass is 10.3. The molecule has 4 aromatic rings. The molecular formula is C17H15N5O3S. The molecule has 0 saturated heterocycles. The number of hydrogen-bond acceptors (Lipinski definition) is 6. The molecule has 0 fully saturated rings. The van der Waals surface area contributed by atoms with E-state index < -0.39 is 4.92 Å². The number of thioether (sulfide) groups is 1. The Kier molecular flexibility index (Phi) is 4.31. The third-order valence-electron chi connectivity index (χ3n) is 4.01. The zero-order valence-corrected chi connectivity index (χ0v) is 14.4. The summed E-state index contributed by atoms with van der Waals surface area (Å²) in [7, 11) is 0. The first-order valence-electron chi connectivity index (χ1n) is 7.97. The van der Waals surface area contributed by atoms with E-state index in [1.54, 1.807) is 6.07 Å². The van der Waals surface area contributed by atoms with Crippen LogP contribution in [-0.4, -0.2) is 36.2 Å². The molecule has 0 radical (unpaired) electrons. The number of aromatic nitrogens is 4. The van der Waals surface area contributed by atoms with E-state index in [2.05, 4.69) is 15.0 Å². The van der Waals surface area contributed by atoms with E-state index >= 15 is 0 Å². The van der Waals surface area contributed by atoms with E-state index in [0.717, 1.165) is 16.2 Å². The average molecular weight is 369 g/mol. The van der Waals surface area contributed by atoms with Crippen LogP contribution in [-0.2, 0) is 12.3 Å². The molecule has 8 nitrogen and oxygen atoms in total. The van der Waals surface area contributed by atoms with Gasteiger partial charge >= 0.3 is 0 Å². The quantitative estimate of drug-likeness (QED) is 0.307. The summed E-state index contributed by atoms with van der Waals surface area (Å²) in [5, 5.41) is 21.0. The van der Waals surface area contributed by atoms with Gasteiger partial charge in [-0.2, -0.15) is 0 Å². The van der Waals surface area contributed by atoms with Crippen LogP contribution >= 0.6 is 11.8 Å². The highest BCUT2D eigenvalue weighted by Gasteiger charge is 2.13. The second kappa shape index (κ2) is 6.77. The number of nitrogens with zero attached hydrogens (tertiary/aromatic N) is 4. The maximum Gasteiger partial charge on any atom is 0.271 e. The van der Waals surface area contributed by atoms with Gasteiger partial charge in [0.05, 0.1) is 39.3 Å². The molecule has 0 aliphatic rings. The number of non-ortho nitro benzene ring substituents is 1. The zero-order valence-electron chi connectivity index (χ0n) is 13.6. The number of aliphatic hydroxyl groups excluding tert-OH is 1. The minimum absolute atomic E-state index is 0.0300. The van der Waals surface area contributed by atoms with Crippen molar-refractivity contribution >= 4 is 39.5 Å². The Morgan fingerprint density at radius 1 is 1.19 bits per heavy atom. The molecule has 26 heavy (non-hydrogen) atoms. The molecule has 0 atom stereocenters.